The lowest BCUT2D eigenvalue weighted by Gasteiger charge is -2.17. The summed E-state index contributed by atoms with van der Waals surface area (Å²) >= 11 is 0. The highest BCUT2D eigenvalue weighted by Gasteiger charge is 2.56. The summed E-state index contributed by atoms with van der Waals surface area (Å²) < 4.78 is 10.7. The number of nitrogens with zero attached hydrogens (tertiary/aromatic N) is 2. The molecular formula is C21H20N2O5. The van der Waals surface area contributed by atoms with Gasteiger partial charge in [0.05, 0.1) is 19.9 Å². The van der Waals surface area contributed by atoms with Gasteiger partial charge < -0.3 is 14.3 Å². The van der Waals surface area contributed by atoms with Gasteiger partial charge in [-0.1, -0.05) is 11.2 Å². The van der Waals surface area contributed by atoms with E-state index < -0.39 is 17.9 Å². The summed E-state index contributed by atoms with van der Waals surface area (Å²) in [5.74, 6) is -0.494. The Bertz CT molecular complexity index is 1010. The minimum absolute atomic E-state index is 0.362. The fraction of sp³-hybridized carbons (Fsp3) is 0.286. The van der Waals surface area contributed by atoms with Crippen LogP contribution in [0.25, 0.3) is 0 Å². The van der Waals surface area contributed by atoms with Gasteiger partial charge >= 0.3 is 0 Å². The number of oxime groups is 1. The first-order valence-electron chi connectivity index (χ1n) is 8.87. The summed E-state index contributed by atoms with van der Waals surface area (Å²) in [5.41, 5.74) is 3.55. The minimum Gasteiger partial charge on any atom is -0.497 e. The molecule has 2 aliphatic heterocycles. The molecule has 0 radical (unpaired) electrons. The Hall–Kier alpha value is -3.35. The number of hydrogen-bond acceptors (Lipinski definition) is 6. The summed E-state index contributed by atoms with van der Waals surface area (Å²) in [6, 6.07) is 10.7. The van der Waals surface area contributed by atoms with Crippen LogP contribution in [-0.4, -0.2) is 37.8 Å². The molecule has 7 nitrogen and oxygen atoms in total. The zero-order valence-corrected chi connectivity index (χ0v) is 16.1. The molecule has 7 heteroatoms. The fourth-order valence-electron chi connectivity index (χ4n) is 3.53. The molecule has 0 aromatic heterocycles. The highest BCUT2D eigenvalue weighted by atomic mass is 16.7. The largest absolute Gasteiger partial charge is 0.497 e. The van der Waals surface area contributed by atoms with Crippen LogP contribution in [0.3, 0.4) is 0 Å². The Morgan fingerprint density at radius 2 is 1.75 bits per heavy atom. The molecule has 1 saturated heterocycles. The van der Waals surface area contributed by atoms with Crippen molar-refractivity contribution in [2.75, 3.05) is 19.1 Å². The smallest absolute Gasteiger partial charge is 0.278 e. The van der Waals surface area contributed by atoms with E-state index in [0.717, 1.165) is 11.1 Å². The van der Waals surface area contributed by atoms with E-state index in [1.165, 1.54) is 12.0 Å². The third-order valence-corrected chi connectivity index (χ3v) is 5.24. The zero-order chi connectivity index (χ0) is 20.0. The van der Waals surface area contributed by atoms with Gasteiger partial charge in [-0.15, -0.1) is 0 Å². The normalized spacial score (nSPS) is 20.7. The highest BCUT2D eigenvalue weighted by molar-refractivity contribution is 6.32. The van der Waals surface area contributed by atoms with Crippen molar-refractivity contribution in [2.24, 2.45) is 11.1 Å². The SMILES string of the molecule is COc1ccc(OC)c(C2=NO[C@H]3C(=O)N(c4ccc(C)c(C)c4)C(=O)[C@@H]23)c1. The zero-order valence-electron chi connectivity index (χ0n) is 16.1. The number of carbonyl (C=O) groups excluding carboxylic acids is 2. The van der Waals surface area contributed by atoms with E-state index in [-0.39, 0.29) is 5.91 Å². The molecule has 2 amide bonds. The summed E-state index contributed by atoms with van der Waals surface area (Å²) in [5, 5.41) is 4.05. The van der Waals surface area contributed by atoms with Crippen molar-refractivity contribution >= 4 is 23.2 Å². The molecule has 0 N–H and O–H groups in total. The van der Waals surface area contributed by atoms with Crippen molar-refractivity contribution in [3.63, 3.8) is 0 Å². The lowest BCUT2D eigenvalue weighted by atomic mass is 9.93. The number of methoxy groups -OCH3 is 2. The van der Waals surface area contributed by atoms with Crippen LogP contribution < -0.4 is 14.4 Å². The number of anilines is 1. The van der Waals surface area contributed by atoms with Crippen LogP contribution in [0.4, 0.5) is 5.69 Å². The Kier molecular flexibility index (Phi) is 4.30. The first kappa shape index (κ1) is 18.0. The van der Waals surface area contributed by atoms with Crippen LogP contribution in [0, 0.1) is 19.8 Å². The second kappa shape index (κ2) is 6.67. The maximum Gasteiger partial charge on any atom is 0.278 e. The molecule has 0 aliphatic carbocycles. The lowest BCUT2D eigenvalue weighted by molar-refractivity contribution is -0.126. The molecule has 2 aliphatic rings. The second-order valence-electron chi connectivity index (χ2n) is 6.83. The average molecular weight is 380 g/mol. The number of ether oxygens (including phenoxy) is 2. The van der Waals surface area contributed by atoms with E-state index in [4.69, 9.17) is 14.3 Å². The Morgan fingerprint density at radius 1 is 0.964 bits per heavy atom. The standard InChI is InChI=1S/C21H20N2O5/c1-11-5-6-13(9-12(11)2)23-20(24)17-18(22-28-19(17)21(23)25)15-10-14(26-3)7-8-16(15)27-4/h5-10,17,19H,1-4H3/t17-,19+/m0/s1. The molecule has 2 heterocycles. The number of fused-ring (bicyclic) bond motifs is 1. The van der Waals surface area contributed by atoms with Crippen LogP contribution in [0.1, 0.15) is 16.7 Å². The van der Waals surface area contributed by atoms with Crippen molar-refractivity contribution < 1.29 is 23.9 Å². The predicted octanol–water partition coefficient (Wildman–Crippen LogP) is 2.61. The van der Waals surface area contributed by atoms with E-state index in [2.05, 4.69) is 5.16 Å². The fourth-order valence-corrected chi connectivity index (χ4v) is 3.53. The quantitative estimate of drug-likeness (QED) is 0.762. The summed E-state index contributed by atoms with van der Waals surface area (Å²) in [4.78, 5) is 32.7. The predicted molar refractivity (Wildman–Crippen MR) is 103 cm³/mol. The Labute approximate surface area is 162 Å². The number of carbonyl (C=O) groups is 2. The van der Waals surface area contributed by atoms with Gasteiger partial charge in [0.2, 0.25) is 12.0 Å². The van der Waals surface area contributed by atoms with Crippen molar-refractivity contribution in [3.05, 3.63) is 53.1 Å². The minimum atomic E-state index is -0.972. The molecule has 2 aromatic rings. The van der Waals surface area contributed by atoms with Crippen LogP contribution in [-0.2, 0) is 14.4 Å². The van der Waals surface area contributed by atoms with Crippen molar-refractivity contribution in [1.82, 2.24) is 0 Å². The molecule has 0 bridgehead atoms. The maximum absolute atomic E-state index is 13.2. The summed E-state index contributed by atoms with van der Waals surface area (Å²) in [6.45, 7) is 3.92. The Morgan fingerprint density at radius 3 is 2.43 bits per heavy atom. The number of imide groups is 1. The van der Waals surface area contributed by atoms with Gasteiger partial charge in [0, 0.05) is 5.56 Å². The molecule has 0 spiro atoms. The van der Waals surface area contributed by atoms with E-state index in [1.807, 2.05) is 26.0 Å². The molecule has 1 fully saturated rings. The van der Waals surface area contributed by atoms with Crippen LogP contribution in [0.2, 0.25) is 0 Å². The average Bonchev–Trinajstić information content (AvgIpc) is 3.24. The van der Waals surface area contributed by atoms with E-state index >= 15 is 0 Å². The van der Waals surface area contributed by atoms with Gasteiger partial charge in [-0.3, -0.25) is 9.59 Å². The van der Waals surface area contributed by atoms with Gasteiger partial charge in [-0.2, -0.15) is 0 Å². The molecule has 4 rings (SSSR count). The van der Waals surface area contributed by atoms with Crippen molar-refractivity contribution in [1.29, 1.82) is 0 Å². The second-order valence-corrected chi connectivity index (χ2v) is 6.83. The molecular weight excluding hydrogens is 360 g/mol. The number of hydrogen-bond donors (Lipinski definition) is 0. The highest BCUT2D eigenvalue weighted by Crippen LogP contribution is 2.38. The van der Waals surface area contributed by atoms with E-state index in [1.54, 1.807) is 31.4 Å². The number of rotatable bonds is 4. The van der Waals surface area contributed by atoms with Crippen molar-refractivity contribution in [3.8, 4) is 11.5 Å². The first-order chi connectivity index (χ1) is 13.5. The summed E-state index contributed by atoms with van der Waals surface area (Å²) in [6.07, 6.45) is -0.972. The molecule has 0 saturated carbocycles. The van der Waals surface area contributed by atoms with Gasteiger partial charge in [-0.05, 0) is 55.3 Å². The first-order valence-corrected chi connectivity index (χ1v) is 8.87. The van der Waals surface area contributed by atoms with Gasteiger partial charge in [0.25, 0.3) is 5.91 Å². The molecule has 2 atom stereocenters. The lowest BCUT2D eigenvalue weighted by Crippen LogP contribution is -2.33. The topological polar surface area (TPSA) is 77.4 Å². The van der Waals surface area contributed by atoms with Gasteiger partial charge in [0.1, 0.15) is 23.1 Å². The number of benzene rings is 2. The number of amides is 2. The van der Waals surface area contributed by atoms with E-state index in [9.17, 15) is 9.59 Å². The van der Waals surface area contributed by atoms with Gasteiger partial charge in [0.15, 0.2) is 0 Å². The van der Waals surface area contributed by atoms with Crippen molar-refractivity contribution in [2.45, 2.75) is 20.0 Å². The third-order valence-electron chi connectivity index (χ3n) is 5.24. The monoisotopic (exact) mass is 380 g/mol. The van der Waals surface area contributed by atoms with Crippen LogP contribution in [0.15, 0.2) is 41.6 Å². The summed E-state index contributed by atoms with van der Waals surface area (Å²) in [7, 11) is 3.08. The molecule has 2 aromatic carbocycles. The third kappa shape index (κ3) is 2.62. The molecule has 144 valence electrons. The van der Waals surface area contributed by atoms with E-state index in [0.29, 0.717) is 28.5 Å². The maximum atomic E-state index is 13.2. The number of aryl methyl sites for hydroxylation is 2. The molecule has 28 heavy (non-hydrogen) atoms. The van der Waals surface area contributed by atoms with Gasteiger partial charge in [-0.25, -0.2) is 4.90 Å². The van der Waals surface area contributed by atoms with Crippen LogP contribution >= 0.6 is 0 Å². The van der Waals surface area contributed by atoms with Crippen LogP contribution in [0.5, 0.6) is 11.5 Å². The molecule has 0 unspecified atom stereocenters. The Balaban J connectivity index is 1.74.